The van der Waals surface area contributed by atoms with Gasteiger partial charge in [-0.3, -0.25) is 14.7 Å². The molecule has 2 amide bonds. The molecule has 1 aromatic rings. The molecule has 1 aromatic heterocycles. The molecule has 5 heterocycles. The molecular weight excluding hydrogens is 344 g/mol. The van der Waals surface area contributed by atoms with Gasteiger partial charge in [-0.25, -0.2) is 0 Å². The van der Waals surface area contributed by atoms with E-state index in [1.807, 2.05) is 22.0 Å². The van der Waals surface area contributed by atoms with Crippen LogP contribution in [0, 0.1) is 17.8 Å². The summed E-state index contributed by atoms with van der Waals surface area (Å²) < 4.78 is 6.23. The Hall–Kier alpha value is -2.15. The highest BCUT2D eigenvalue weighted by molar-refractivity contribution is 5.93. The van der Waals surface area contributed by atoms with Crippen LogP contribution in [-0.2, 0) is 27.3 Å². The van der Waals surface area contributed by atoms with Gasteiger partial charge in [-0.15, -0.1) is 0 Å². The minimum Gasteiger partial charge on any atom is -0.360 e. The van der Waals surface area contributed by atoms with Crippen LogP contribution in [0.3, 0.4) is 0 Å². The number of rotatable bonds is 4. The summed E-state index contributed by atoms with van der Waals surface area (Å²) in [4.78, 5) is 30.3. The highest BCUT2D eigenvalue weighted by Crippen LogP contribution is 2.52. The maximum atomic E-state index is 13.4. The maximum Gasteiger partial charge on any atom is 0.230 e. The molecule has 0 unspecified atom stereocenters. The number of carbonyl (C=O) groups excluding carboxylic acids is 2. The first-order chi connectivity index (χ1) is 13.0. The number of nitrogens with zero attached hydrogens (tertiary/aromatic N) is 3. The number of carbonyl (C=O) groups is 2. The van der Waals surface area contributed by atoms with Crippen LogP contribution in [0.15, 0.2) is 18.3 Å². The second kappa shape index (κ2) is 5.92. The van der Waals surface area contributed by atoms with Crippen LogP contribution in [0.2, 0.25) is 0 Å². The summed E-state index contributed by atoms with van der Waals surface area (Å²) in [6.07, 6.45) is 7.29. The Morgan fingerprint density at radius 3 is 3.15 bits per heavy atom. The summed E-state index contributed by atoms with van der Waals surface area (Å²) in [7, 11) is 0. The zero-order chi connectivity index (χ0) is 18.8. The first-order valence-electron chi connectivity index (χ1n) is 9.94. The molecule has 0 saturated carbocycles. The lowest BCUT2D eigenvalue weighted by molar-refractivity contribution is -0.144. The number of likely N-dealkylation sites (tertiary alicyclic amines) is 1. The summed E-state index contributed by atoms with van der Waals surface area (Å²) in [5.74, 6) is -0.111. The van der Waals surface area contributed by atoms with E-state index in [1.54, 1.807) is 6.20 Å². The lowest BCUT2D eigenvalue weighted by atomic mass is 9.76. The van der Waals surface area contributed by atoms with Gasteiger partial charge in [0.05, 0.1) is 30.7 Å². The van der Waals surface area contributed by atoms with E-state index in [1.165, 1.54) is 0 Å². The summed E-state index contributed by atoms with van der Waals surface area (Å²) in [5.41, 5.74) is 1.58. The number of fused-ring (bicyclic) bond motifs is 2. The number of aromatic amines is 1. The fourth-order valence-corrected chi connectivity index (χ4v) is 5.08. The van der Waals surface area contributed by atoms with E-state index in [-0.39, 0.29) is 23.8 Å². The van der Waals surface area contributed by atoms with Crippen molar-refractivity contribution < 1.29 is 14.3 Å². The number of ether oxygens (including phenoxy) is 1. The molecule has 0 aromatic carbocycles. The third-order valence-electron chi connectivity index (χ3n) is 6.55. The van der Waals surface area contributed by atoms with Crippen molar-refractivity contribution >= 4 is 11.8 Å². The number of H-pyrrole nitrogens is 1. The predicted octanol–water partition coefficient (Wildman–Crippen LogP) is 1.12. The second-order valence-electron chi connectivity index (χ2n) is 8.73. The number of amides is 2. The molecule has 2 saturated heterocycles. The van der Waals surface area contributed by atoms with E-state index in [9.17, 15) is 9.59 Å². The van der Waals surface area contributed by atoms with E-state index in [4.69, 9.17) is 4.74 Å². The molecule has 0 aliphatic carbocycles. The molecule has 144 valence electrons. The number of hydrogen-bond donors (Lipinski definition) is 1. The largest absolute Gasteiger partial charge is 0.360 e. The first kappa shape index (κ1) is 17.0. The monoisotopic (exact) mass is 370 g/mol. The summed E-state index contributed by atoms with van der Waals surface area (Å²) >= 11 is 0. The maximum absolute atomic E-state index is 13.4. The molecule has 4 aliphatic heterocycles. The molecule has 1 N–H and O–H groups in total. The fraction of sp³-hybridized carbons (Fsp3) is 0.650. The third kappa shape index (κ3) is 2.47. The fourth-order valence-electron chi connectivity index (χ4n) is 5.08. The Morgan fingerprint density at radius 1 is 1.48 bits per heavy atom. The Bertz CT molecular complexity index is 816. The Kier molecular flexibility index (Phi) is 3.73. The van der Waals surface area contributed by atoms with Crippen molar-refractivity contribution in [2.45, 2.75) is 44.9 Å². The van der Waals surface area contributed by atoms with Crippen LogP contribution in [-0.4, -0.2) is 63.2 Å². The number of aromatic nitrogens is 2. The average molecular weight is 370 g/mol. The molecule has 2 fully saturated rings. The highest BCUT2D eigenvalue weighted by atomic mass is 16.5. The van der Waals surface area contributed by atoms with Crippen molar-refractivity contribution in [3.05, 3.63) is 29.6 Å². The van der Waals surface area contributed by atoms with Gasteiger partial charge in [0.1, 0.15) is 5.60 Å². The van der Waals surface area contributed by atoms with Crippen LogP contribution in [0.5, 0.6) is 0 Å². The van der Waals surface area contributed by atoms with Crippen molar-refractivity contribution in [1.82, 2.24) is 20.0 Å². The lowest BCUT2D eigenvalue weighted by Crippen LogP contribution is -2.47. The number of hydrogen-bond acceptors (Lipinski definition) is 4. The smallest absolute Gasteiger partial charge is 0.230 e. The Morgan fingerprint density at radius 2 is 2.33 bits per heavy atom. The molecular formula is C20H26N4O3. The molecule has 0 radical (unpaired) electrons. The summed E-state index contributed by atoms with van der Waals surface area (Å²) in [6.45, 7) is 6.85. The van der Waals surface area contributed by atoms with E-state index >= 15 is 0 Å². The van der Waals surface area contributed by atoms with Gasteiger partial charge >= 0.3 is 0 Å². The van der Waals surface area contributed by atoms with Gasteiger partial charge in [0.2, 0.25) is 11.8 Å². The topological polar surface area (TPSA) is 78.5 Å². The van der Waals surface area contributed by atoms with Gasteiger partial charge in [-0.05, 0) is 12.3 Å². The van der Waals surface area contributed by atoms with E-state index in [0.717, 1.165) is 30.6 Å². The zero-order valence-electron chi connectivity index (χ0n) is 15.9. The van der Waals surface area contributed by atoms with Crippen molar-refractivity contribution in [3.8, 4) is 0 Å². The van der Waals surface area contributed by atoms with Gasteiger partial charge in [0, 0.05) is 37.3 Å². The highest BCUT2D eigenvalue weighted by Gasteiger charge is 2.67. The van der Waals surface area contributed by atoms with Gasteiger partial charge < -0.3 is 14.5 Å². The van der Waals surface area contributed by atoms with Gasteiger partial charge in [-0.2, -0.15) is 5.10 Å². The minimum atomic E-state index is -0.602. The van der Waals surface area contributed by atoms with Crippen molar-refractivity contribution in [3.63, 3.8) is 0 Å². The zero-order valence-corrected chi connectivity index (χ0v) is 15.9. The minimum absolute atomic E-state index is 0.0436. The molecule has 7 heteroatoms. The van der Waals surface area contributed by atoms with Crippen LogP contribution in [0.1, 0.15) is 31.5 Å². The molecule has 4 aliphatic rings. The molecule has 1 spiro atoms. The average Bonchev–Trinajstić information content (AvgIpc) is 3.39. The normalized spacial score (nSPS) is 33.9. The van der Waals surface area contributed by atoms with Crippen LogP contribution < -0.4 is 0 Å². The van der Waals surface area contributed by atoms with Crippen molar-refractivity contribution in [1.29, 1.82) is 0 Å². The lowest BCUT2D eigenvalue weighted by Gasteiger charge is -2.32. The predicted molar refractivity (Wildman–Crippen MR) is 97.5 cm³/mol. The van der Waals surface area contributed by atoms with Crippen molar-refractivity contribution in [2.75, 3.05) is 19.6 Å². The molecule has 7 nitrogen and oxygen atoms in total. The summed E-state index contributed by atoms with van der Waals surface area (Å²) in [6, 6.07) is 0. The van der Waals surface area contributed by atoms with Gasteiger partial charge in [-0.1, -0.05) is 26.0 Å². The van der Waals surface area contributed by atoms with E-state index in [2.05, 4.69) is 24.0 Å². The first-order valence-corrected chi connectivity index (χ1v) is 9.94. The van der Waals surface area contributed by atoms with Crippen LogP contribution in [0.4, 0.5) is 0 Å². The SMILES string of the molecule is CC(C)CCN1C[C@]23C=C[C@H](O2)[C@H](C(=O)N2CCc4[nH]ncc4C2)[C@H]3C1=O. The van der Waals surface area contributed by atoms with Crippen molar-refractivity contribution in [2.24, 2.45) is 17.8 Å². The second-order valence-corrected chi connectivity index (χ2v) is 8.73. The quantitative estimate of drug-likeness (QED) is 0.806. The number of nitrogens with one attached hydrogen (secondary N) is 1. The van der Waals surface area contributed by atoms with Gasteiger partial charge in [0.15, 0.2) is 0 Å². The van der Waals surface area contributed by atoms with Crippen LogP contribution in [0.25, 0.3) is 0 Å². The third-order valence-corrected chi connectivity index (χ3v) is 6.55. The molecule has 27 heavy (non-hydrogen) atoms. The Balaban J connectivity index is 1.37. The van der Waals surface area contributed by atoms with E-state index < -0.39 is 11.5 Å². The van der Waals surface area contributed by atoms with Gasteiger partial charge in [0.25, 0.3) is 0 Å². The van der Waals surface area contributed by atoms with E-state index in [0.29, 0.717) is 25.6 Å². The standard InChI is InChI=1S/C20H26N4O3/c1-12(2)4-7-24-11-20-6-3-15(27-20)16(17(20)19(24)26)18(25)23-8-5-14-13(10-23)9-21-22-14/h3,6,9,12,15-17H,4-5,7-8,10-11H2,1-2H3,(H,21,22)/t15-,16-,17-,20-/m0/s1. The molecule has 4 atom stereocenters. The summed E-state index contributed by atoms with van der Waals surface area (Å²) in [5, 5.41) is 7.08. The molecule has 2 bridgehead atoms. The Labute approximate surface area is 158 Å². The molecule has 5 rings (SSSR count). The van der Waals surface area contributed by atoms with Crippen LogP contribution >= 0.6 is 0 Å².